The van der Waals surface area contributed by atoms with Gasteiger partial charge in [-0.2, -0.15) is 4.31 Å². The van der Waals surface area contributed by atoms with Crippen molar-refractivity contribution in [3.05, 3.63) is 23.8 Å². The molecule has 1 aliphatic carbocycles. The Morgan fingerprint density at radius 1 is 0.879 bits per heavy atom. The van der Waals surface area contributed by atoms with Crippen LogP contribution < -0.4 is 4.90 Å². The maximum atomic E-state index is 14.0. The summed E-state index contributed by atoms with van der Waals surface area (Å²) >= 11 is 0. The minimum absolute atomic E-state index is 0.0528. The van der Waals surface area contributed by atoms with Crippen LogP contribution in [0.25, 0.3) is 0 Å². The van der Waals surface area contributed by atoms with Gasteiger partial charge in [-0.3, -0.25) is 4.79 Å². The van der Waals surface area contributed by atoms with Crippen molar-refractivity contribution < 1.29 is 27.4 Å². The summed E-state index contributed by atoms with van der Waals surface area (Å²) in [7, 11) is -3.70. The summed E-state index contributed by atoms with van der Waals surface area (Å²) in [6.45, 7) is 4.98. The zero-order valence-electron chi connectivity index (χ0n) is 19.0. The predicted octanol–water partition coefficient (Wildman–Crippen LogP) is 1.33. The molecule has 33 heavy (non-hydrogen) atoms. The molecule has 0 bridgehead atoms. The molecule has 3 aliphatic heterocycles. The maximum Gasteiger partial charge on any atom is 0.256 e. The average Bonchev–Trinajstić information content (AvgIpc) is 2.88. The molecular formula is C23H33N3O6S. The first kappa shape index (κ1) is 23.0. The van der Waals surface area contributed by atoms with Crippen LogP contribution in [0.1, 0.15) is 36.0 Å². The third kappa shape index (κ3) is 4.64. The van der Waals surface area contributed by atoms with Crippen molar-refractivity contribution in [2.45, 2.75) is 42.7 Å². The number of carbonyl (C=O) groups excluding carboxylic acids is 1. The number of fused-ring (bicyclic) bond motifs is 1. The van der Waals surface area contributed by atoms with E-state index in [-0.39, 0.29) is 22.9 Å². The Balaban J connectivity index is 1.51. The Labute approximate surface area is 195 Å². The van der Waals surface area contributed by atoms with Crippen molar-refractivity contribution in [3.8, 4) is 0 Å². The second kappa shape index (κ2) is 9.87. The van der Waals surface area contributed by atoms with Crippen LogP contribution in [-0.2, 0) is 24.2 Å². The number of nitrogens with zero attached hydrogens (tertiary/aromatic N) is 3. The molecule has 3 saturated heterocycles. The van der Waals surface area contributed by atoms with Crippen molar-refractivity contribution in [1.29, 1.82) is 0 Å². The number of rotatable bonds is 4. The summed E-state index contributed by atoms with van der Waals surface area (Å²) in [5.41, 5.74) is 1.24. The van der Waals surface area contributed by atoms with Crippen LogP contribution in [0.5, 0.6) is 0 Å². The van der Waals surface area contributed by atoms with Crippen molar-refractivity contribution in [2.75, 3.05) is 70.7 Å². The summed E-state index contributed by atoms with van der Waals surface area (Å²) in [6.07, 6.45) is 4.17. The van der Waals surface area contributed by atoms with Gasteiger partial charge in [0.15, 0.2) is 0 Å². The lowest BCUT2D eigenvalue weighted by Crippen LogP contribution is -2.55. The average molecular weight is 480 g/mol. The Hall–Kier alpha value is -1.72. The number of carbonyl (C=O) groups is 1. The van der Waals surface area contributed by atoms with Crippen molar-refractivity contribution in [3.63, 3.8) is 0 Å². The molecule has 0 aromatic heterocycles. The Kier molecular flexibility index (Phi) is 6.89. The fourth-order valence-electron chi connectivity index (χ4n) is 5.37. The normalized spacial score (nSPS) is 27.3. The van der Waals surface area contributed by atoms with Gasteiger partial charge in [0.05, 0.1) is 55.6 Å². The van der Waals surface area contributed by atoms with E-state index in [1.54, 1.807) is 18.2 Å². The van der Waals surface area contributed by atoms with E-state index in [1.165, 1.54) is 4.31 Å². The Bertz CT molecular complexity index is 957. The van der Waals surface area contributed by atoms with E-state index >= 15 is 0 Å². The third-order valence-corrected chi connectivity index (χ3v) is 9.05. The highest BCUT2D eigenvalue weighted by molar-refractivity contribution is 7.89. The van der Waals surface area contributed by atoms with Gasteiger partial charge in [-0.25, -0.2) is 8.42 Å². The molecule has 1 aromatic rings. The van der Waals surface area contributed by atoms with E-state index < -0.39 is 10.0 Å². The lowest BCUT2D eigenvalue weighted by Gasteiger charge is -2.44. The minimum Gasteiger partial charge on any atom is -0.379 e. The van der Waals surface area contributed by atoms with E-state index in [1.807, 2.05) is 4.90 Å². The lowest BCUT2D eigenvalue weighted by atomic mass is 9.89. The van der Waals surface area contributed by atoms with Crippen LogP contribution in [-0.4, -0.2) is 101 Å². The summed E-state index contributed by atoms with van der Waals surface area (Å²) in [6, 6.07) is 5.07. The highest BCUT2D eigenvalue weighted by Crippen LogP contribution is 2.33. The molecule has 9 nitrogen and oxygen atoms in total. The molecule has 4 aliphatic rings. The molecule has 1 amide bonds. The van der Waals surface area contributed by atoms with Crippen LogP contribution in [0.15, 0.2) is 23.1 Å². The third-order valence-electron chi connectivity index (χ3n) is 7.15. The molecule has 182 valence electrons. The zero-order chi connectivity index (χ0) is 22.8. The number of hydrogen-bond acceptors (Lipinski definition) is 7. The van der Waals surface area contributed by atoms with E-state index in [0.717, 1.165) is 31.4 Å². The summed E-state index contributed by atoms with van der Waals surface area (Å²) in [5.74, 6) is -0.101. The number of benzene rings is 1. The molecule has 0 radical (unpaired) electrons. The maximum absolute atomic E-state index is 14.0. The first-order chi connectivity index (χ1) is 16.1. The number of ether oxygens (including phenoxy) is 3. The predicted molar refractivity (Wildman–Crippen MR) is 122 cm³/mol. The zero-order valence-corrected chi connectivity index (χ0v) is 19.8. The quantitative estimate of drug-likeness (QED) is 0.644. The molecule has 0 spiro atoms. The topological polar surface area (TPSA) is 88.6 Å². The highest BCUT2D eigenvalue weighted by Gasteiger charge is 2.38. The van der Waals surface area contributed by atoms with Crippen molar-refractivity contribution >= 4 is 21.6 Å². The van der Waals surface area contributed by atoms with Crippen LogP contribution in [0, 0.1) is 0 Å². The van der Waals surface area contributed by atoms with Crippen LogP contribution in [0.2, 0.25) is 0 Å². The molecule has 2 unspecified atom stereocenters. The smallest absolute Gasteiger partial charge is 0.256 e. The molecule has 10 heteroatoms. The molecule has 5 rings (SSSR count). The van der Waals surface area contributed by atoms with Gasteiger partial charge in [0.2, 0.25) is 10.0 Å². The second-order valence-electron chi connectivity index (χ2n) is 9.05. The lowest BCUT2D eigenvalue weighted by molar-refractivity contribution is -0.0752. The van der Waals surface area contributed by atoms with E-state index in [9.17, 15) is 13.2 Å². The fourth-order valence-corrected chi connectivity index (χ4v) is 6.80. The van der Waals surface area contributed by atoms with E-state index in [2.05, 4.69) is 4.90 Å². The highest BCUT2D eigenvalue weighted by atomic mass is 32.2. The SMILES string of the molecule is O=C(c1cc(S(=O)(=O)N2CCOCC2)ccc1N1CCOCC1)N1CCOC2CCCCC21. The summed E-state index contributed by atoms with van der Waals surface area (Å²) in [4.78, 5) is 18.2. The molecule has 0 N–H and O–H groups in total. The van der Waals surface area contributed by atoms with Gasteiger partial charge in [-0.15, -0.1) is 0 Å². The first-order valence-electron chi connectivity index (χ1n) is 12.0. The van der Waals surface area contributed by atoms with E-state index in [0.29, 0.717) is 71.3 Å². The van der Waals surface area contributed by atoms with Crippen molar-refractivity contribution in [2.24, 2.45) is 0 Å². The molecule has 4 fully saturated rings. The first-order valence-corrected chi connectivity index (χ1v) is 13.5. The van der Waals surface area contributed by atoms with Crippen LogP contribution >= 0.6 is 0 Å². The number of anilines is 1. The molecule has 1 saturated carbocycles. The minimum atomic E-state index is -3.70. The Morgan fingerprint density at radius 3 is 2.33 bits per heavy atom. The molecule has 2 atom stereocenters. The second-order valence-corrected chi connectivity index (χ2v) is 11.0. The van der Waals surface area contributed by atoms with Crippen LogP contribution in [0.4, 0.5) is 5.69 Å². The molecule has 1 aromatic carbocycles. The molecular weight excluding hydrogens is 446 g/mol. The molecule has 3 heterocycles. The largest absolute Gasteiger partial charge is 0.379 e. The van der Waals surface area contributed by atoms with Gasteiger partial charge in [0.25, 0.3) is 5.91 Å². The Morgan fingerprint density at radius 2 is 1.58 bits per heavy atom. The van der Waals surface area contributed by atoms with Gasteiger partial charge in [0.1, 0.15) is 0 Å². The summed E-state index contributed by atoms with van der Waals surface area (Å²) < 4.78 is 44.9. The monoisotopic (exact) mass is 479 g/mol. The van der Waals surface area contributed by atoms with E-state index in [4.69, 9.17) is 14.2 Å². The van der Waals surface area contributed by atoms with Gasteiger partial charge in [-0.05, 0) is 31.0 Å². The number of sulfonamides is 1. The summed E-state index contributed by atoms with van der Waals surface area (Å²) in [5, 5.41) is 0. The number of morpholine rings is 3. The van der Waals surface area contributed by atoms with Gasteiger partial charge in [-0.1, -0.05) is 12.8 Å². The number of amides is 1. The standard InChI is InChI=1S/C23H33N3O6S/c27-23(26-11-16-32-22-4-2-1-3-21(22)26)19-17-18(33(28,29)25-9-14-31-15-10-25)5-6-20(19)24-7-12-30-13-8-24/h5-6,17,21-22H,1-4,7-16H2. The van der Waals surface area contributed by atoms with Gasteiger partial charge in [0, 0.05) is 38.4 Å². The fraction of sp³-hybridized carbons (Fsp3) is 0.696. The van der Waals surface area contributed by atoms with Crippen LogP contribution in [0.3, 0.4) is 0 Å². The van der Waals surface area contributed by atoms with Gasteiger partial charge >= 0.3 is 0 Å². The van der Waals surface area contributed by atoms with Crippen molar-refractivity contribution in [1.82, 2.24) is 9.21 Å². The number of hydrogen-bond donors (Lipinski definition) is 0. The van der Waals surface area contributed by atoms with Gasteiger partial charge < -0.3 is 24.0 Å².